The summed E-state index contributed by atoms with van der Waals surface area (Å²) in [7, 11) is 0. The molecule has 1 rings (SSSR count). The van der Waals surface area contributed by atoms with E-state index in [1.807, 2.05) is 6.26 Å². The van der Waals surface area contributed by atoms with E-state index < -0.39 is 0 Å². The number of allylic oxidation sites excluding steroid dienone is 1. The fraction of sp³-hybridized carbons (Fsp3) is 0.400. The van der Waals surface area contributed by atoms with Crippen molar-refractivity contribution in [1.82, 2.24) is 0 Å². The highest BCUT2D eigenvalue weighted by Gasteiger charge is 2.10. The van der Waals surface area contributed by atoms with Crippen molar-refractivity contribution in [2.45, 2.75) is 6.42 Å². The van der Waals surface area contributed by atoms with E-state index in [9.17, 15) is 0 Å². The van der Waals surface area contributed by atoms with Crippen LogP contribution in [0.3, 0.4) is 0 Å². The first-order valence-electron chi connectivity index (χ1n) is 2.16. The van der Waals surface area contributed by atoms with Crippen molar-refractivity contribution < 1.29 is 0 Å². The standard InChI is InChI=1S/C5H7NS/c1-7-5(6)4-2-3-4/h2,6H,3H2,1H3. The van der Waals surface area contributed by atoms with E-state index in [-0.39, 0.29) is 0 Å². The van der Waals surface area contributed by atoms with Gasteiger partial charge in [0.2, 0.25) is 0 Å². The van der Waals surface area contributed by atoms with Gasteiger partial charge in [-0.15, -0.1) is 11.8 Å². The summed E-state index contributed by atoms with van der Waals surface area (Å²) in [5.74, 6) is 0. The van der Waals surface area contributed by atoms with Gasteiger partial charge in [-0.05, 0) is 18.2 Å². The molecule has 0 heterocycles. The van der Waals surface area contributed by atoms with Crippen molar-refractivity contribution in [2.75, 3.05) is 6.26 Å². The van der Waals surface area contributed by atoms with Crippen molar-refractivity contribution in [3.63, 3.8) is 0 Å². The van der Waals surface area contributed by atoms with E-state index in [0.717, 1.165) is 11.5 Å². The maximum absolute atomic E-state index is 7.15. The molecule has 0 bridgehead atoms. The molecule has 2 heteroatoms. The summed E-state index contributed by atoms with van der Waals surface area (Å²) in [5, 5.41) is 7.89. The number of nitrogens with one attached hydrogen (secondary N) is 1. The molecule has 0 unspecified atom stereocenters. The predicted molar refractivity (Wildman–Crippen MR) is 33.9 cm³/mol. The van der Waals surface area contributed by atoms with Crippen LogP contribution < -0.4 is 0 Å². The van der Waals surface area contributed by atoms with Crippen LogP contribution in [0.5, 0.6) is 0 Å². The van der Waals surface area contributed by atoms with Gasteiger partial charge in [0.15, 0.2) is 0 Å². The zero-order valence-corrected chi connectivity index (χ0v) is 5.01. The Bertz CT molecular complexity index is 126. The molecule has 0 aromatic rings. The zero-order chi connectivity index (χ0) is 5.28. The molecule has 0 aromatic carbocycles. The average Bonchev–Trinajstić information content (AvgIpc) is 2.44. The molecule has 7 heavy (non-hydrogen) atoms. The summed E-state index contributed by atoms with van der Waals surface area (Å²) in [5.41, 5.74) is 1.22. The second kappa shape index (κ2) is 1.70. The summed E-state index contributed by atoms with van der Waals surface area (Å²) in [6.45, 7) is 0. The van der Waals surface area contributed by atoms with Crippen molar-refractivity contribution in [3.05, 3.63) is 11.6 Å². The Morgan fingerprint density at radius 1 is 2.00 bits per heavy atom. The van der Waals surface area contributed by atoms with Crippen LogP contribution in [0.1, 0.15) is 6.42 Å². The topological polar surface area (TPSA) is 23.9 Å². The Labute approximate surface area is 47.3 Å². The summed E-state index contributed by atoms with van der Waals surface area (Å²) >= 11 is 1.51. The first-order chi connectivity index (χ1) is 3.34. The number of rotatable bonds is 1. The van der Waals surface area contributed by atoms with Crippen molar-refractivity contribution in [1.29, 1.82) is 5.41 Å². The van der Waals surface area contributed by atoms with Crippen molar-refractivity contribution in [2.24, 2.45) is 0 Å². The van der Waals surface area contributed by atoms with Gasteiger partial charge in [0, 0.05) is 0 Å². The van der Waals surface area contributed by atoms with Gasteiger partial charge in [-0.25, -0.2) is 0 Å². The molecule has 1 N–H and O–H groups in total. The maximum Gasteiger partial charge on any atom is 0.0899 e. The normalized spacial score (nSPS) is 15.9. The number of hydrogen-bond donors (Lipinski definition) is 1. The largest absolute Gasteiger partial charge is 0.294 e. The van der Waals surface area contributed by atoms with Crippen LogP contribution in [0.2, 0.25) is 0 Å². The third-order valence-corrected chi connectivity index (χ3v) is 1.57. The van der Waals surface area contributed by atoms with E-state index in [4.69, 9.17) is 5.41 Å². The molecule has 1 aliphatic carbocycles. The van der Waals surface area contributed by atoms with Gasteiger partial charge in [-0.3, -0.25) is 5.41 Å². The van der Waals surface area contributed by atoms with Crippen LogP contribution in [-0.4, -0.2) is 11.3 Å². The first kappa shape index (κ1) is 4.91. The van der Waals surface area contributed by atoms with Gasteiger partial charge >= 0.3 is 0 Å². The molecule has 0 amide bonds. The minimum atomic E-state index is 0.736. The van der Waals surface area contributed by atoms with Crippen LogP contribution in [-0.2, 0) is 0 Å². The van der Waals surface area contributed by atoms with Crippen LogP contribution >= 0.6 is 11.8 Å². The Balaban J connectivity index is 2.39. The molecule has 0 aliphatic heterocycles. The van der Waals surface area contributed by atoms with Crippen LogP contribution in [0.4, 0.5) is 0 Å². The van der Waals surface area contributed by atoms with E-state index in [1.54, 1.807) is 0 Å². The van der Waals surface area contributed by atoms with Crippen LogP contribution in [0.15, 0.2) is 11.6 Å². The average molecular weight is 113 g/mol. The van der Waals surface area contributed by atoms with E-state index >= 15 is 0 Å². The number of hydrogen-bond acceptors (Lipinski definition) is 2. The third-order valence-electron chi connectivity index (χ3n) is 0.904. The van der Waals surface area contributed by atoms with Gasteiger partial charge < -0.3 is 0 Å². The third kappa shape index (κ3) is 1.06. The van der Waals surface area contributed by atoms with Gasteiger partial charge in [0.05, 0.1) is 5.04 Å². The predicted octanol–water partition coefficient (Wildman–Crippen LogP) is 1.66. The minimum Gasteiger partial charge on any atom is -0.294 e. The Morgan fingerprint density at radius 3 is 2.71 bits per heavy atom. The van der Waals surface area contributed by atoms with E-state index in [0.29, 0.717) is 0 Å². The fourth-order valence-electron chi connectivity index (χ4n) is 0.368. The highest BCUT2D eigenvalue weighted by atomic mass is 32.2. The molecule has 0 radical (unpaired) electrons. The molecule has 0 fully saturated rings. The Morgan fingerprint density at radius 2 is 2.57 bits per heavy atom. The summed E-state index contributed by atoms with van der Waals surface area (Å²) < 4.78 is 0. The Kier molecular flexibility index (Phi) is 1.19. The molecule has 1 aliphatic rings. The molecular weight excluding hydrogens is 106 g/mol. The SMILES string of the molecule is CSC(=N)C1=CC1. The highest BCUT2D eigenvalue weighted by molar-refractivity contribution is 8.13. The molecule has 1 nitrogen and oxygen atoms in total. The molecule has 0 atom stereocenters. The Hall–Kier alpha value is -0.240. The van der Waals surface area contributed by atoms with Crippen molar-refractivity contribution >= 4 is 16.8 Å². The number of thioether (sulfide) groups is 1. The zero-order valence-electron chi connectivity index (χ0n) is 4.19. The summed E-state index contributed by atoms with van der Waals surface area (Å²) in [6, 6.07) is 0. The van der Waals surface area contributed by atoms with Crippen molar-refractivity contribution in [3.8, 4) is 0 Å². The monoisotopic (exact) mass is 113 g/mol. The van der Waals surface area contributed by atoms with Gasteiger partial charge in [-0.1, -0.05) is 6.08 Å². The summed E-state index contributed by atoms with van der Waals surface area (Å²) in [6.07, 6.45) is 5.06. The molecule has 0 aromatic heterocycles. The van der Waals surface area contributed by atoms with E-state index in [1.165, 1.54) is 17.3 Å². The maximum atomic E-state index is 7.15. The van der Waals surface area contributed by atoms with Gasteiger partial charge in [0.25, 0.3) is 0 Å². The molecular formula is C5H7NS. The quantitative estimate of drug-likeness (QED) is 0.406. The second-order valence-corrected chi connectivity index (χ2v) is 2.28. The lowest BCUT2D eigenvalue weighted by Gasteiger charge is -1.85. The lowest BCUT2D eigenvalue weighted by Crippen LogP contribution is -1.80. The first-order valence-corrected chi connectivity index (χ1v) is 3.39. The molecule has 0 spiro atoms. The lowest BCUT2D eigenvalue weighted by molar-refractivity contribution is 1.52. The fourth-order valence-corrected chi connectivity index (χ4v) is 0.796. The van der Waals surface area contributed by atoms with E-state index in [2.05, 4.69) is 6.08 Å². The smallest absolute Gasteiger partial charge is 0.0899 e. The lowest BCUT2D eigenvalue weighted by atomic mass is 10.5. The molecule has 0 saturated heterocycles. The van der Waals surface area contributed by atoms with Gasteiger partial charge in [0.1, 0.15) is 0 Å². The van der Waals surface area contributed by atoms with Crippen LogP contribution in [0, 0.1) is 5.41 Å². The minimum absolute atomic E-state index is 0.736. The molecule has 38 valence electrons. The summed E-state index contributed by atoms with van der Waals surface area (Å²) in [4.78, 5) is 0. The molecule has 0 saturated carbocycles. The highest BCUT2D eigenvalue weighted by Crippen LogP contribution is 2.23. The second-order valence-electron chi connectivity index (χ2n) is 1.47. The van der Waals surface area contributed by atoms with Gasteiger partial charge in [-0.2, -0.15) is 0 Å². The van der Waals surface area contributed by atoms with Crippen LogP contribution in [0.25, 0.3) is 0 Å².